The maximum absolute atomic E-state index is 12.0. The summed E-state index contributed by atoms with van der Waals surface area (Å²) < 4.78 is 0. The highest BCUT2D eigenvalue weighted by atomic mass is 16.2. The van der Waals surface area contributed by atoms with E-state index >= 15 is 0 Å². The molecule has 0 aliphatic carbocycles. The zero-order valence-corrected chi connectivity index (χ0v) is 18.6. The number of carbonyl (C=O) groups excluding carboxylic acids is 1. The Hall–Kier alpha value is -3.20. The number of carbonyl (C=O) groups is 1. The molecule has 0 spiro atoms. The third-order valence-corrected chi connectivity index (χ3v) is 5.80. The van der Waals surface area contributed by atoms with Gasteiger partial charge in [0.05, 0.1) is 18.9 Å². The standard InChI is InChI=1S/C22H30N8O/c1-15-5-6-18(30-9-7-29(8-10-30)12-19(31)28(3)4)17(11-15)16(2)27-22-20-21(24-13-23-20)25-14-26-22/h5-6,11,13-14,16H,7-10,12H2,1-4H3,(H2,23,24,25,26,27). The molecule has 31 heavy (non-hydrogen) atoms. The predicted molar refractivity (Wildman–Crippen MR) is 122 cm³/mol. The molecule has 1 aromatic carbocycles. The van der Waals surface area contributed by atoms with Crippen LogP contribution >= 0.6 is 0 Å². The number of rotatable bonds is 6. The minimum atomic E-state index is 0.0460. The first kappa shape index (κ1) is 21.0. The fraction of sp³-hybridized carbons (Fsp3) is 0.455. The average Bonchev–Trinajstić information content (AvgIpc) is 3.24. The van der Waals surface area contributed by atoms with Crippen molar-refractivity contribution in [3.8, 4) is 0 Å². The lowest BCUT2D eigenvalue weighted by atomic mass is 10.0. The van der Waals surface area contributed by atoms with Crippen LogP contribution in [0.5, 0.6) is 0 Å². The monoisotopic (exact) mass is 422 g/mol. The Morgan fingerprint density at radius 2 is 1.97 bits per heavy atom. The summed E-state index contributed by atoms with van der Waals surface area (Å²) >= 11 is 0. The first-order valence-electron chi connectivity index (χ1n) is 10.6. The van der Waals surface area contributed by atoms with Gasteiger partial charge in [0.2, 0.25) is 5.91 Å². The number of hydrogen-bond acceptors (Lipinski definition) is 7. The molecule has 2 N–H and O–H groups in total. The number of aryl methyl sites for hydroxylation is 1. The van der Waals surface area contributed by atoms with Gasteiger partial charge in [-0.05, 0) is 25.5 Å². The quantitative estimate of drug-likeness (QED) is 0.628. The highest BCUT2D eigenvalue weighted by Gasteiger charge is 2.23. The Labute approximate surface area is 182 Å². The fourth-order valence-corrected chi connectivity index (χ4v) is 3.95. The van der Waals surface area contributed by atoms with Gasteiger partial charge in [0.25, 0.3) is 0 Å². The number of hydrogen-bond donors (Lipinski definition) is 2. The van der Waals surface area contributed by atoms with Gasteiger partial charge in [-0.2, -0.15) is 0 Å². The fourth-order valence-electron chi connectivity index (χ4n) is 3.95. The van der Waals surface area contributed by atoms with E-state index in [0.717, 1.165) is 37.5 Å². The first-order chi connectivity index (χ1) is 14.9. The van der Waals surface area contributed by atoms with E-state index in [0.29, 0.717) is 12.2 Å². The van der Waals surface area contributed by atoms with Crippen LogP contribution in [0.3, 0.4) is 0 Å². The zero-order valence-electron chi connectivity index (χ0n) is 18.6. The maximum Gasteiger partial charge on any atom is 0.236 e. The number of piperazine rings is 1. The molecule has 0 saturated carbocycles. The Balaban J connectivity index is 1.50. The second kappa shape index (κ2) is 8.89. The molecule has 1 aliphatic rings. The van der Waals surface area contributed by atoms with Crippen LogP contribution in [0.25, 0.3) is 11.2 Å². The molecule has 3 heterocycles. The molecule has 4 rings (SSSR count). The molecule has 2 aromatic heterocycles. The van der Waals surface area contributed by atoms with Gasteiger partial charge in [0.1, 0.15) is 11.8 Å². The van der Waals surface area contributed by atoms with Crippen LogP contribution in [0.2, 0.25) is 0 Å². The molecule has 0 radical (unpaired) electrons. The van der Waals surface area contributed by atoms with Gasteiger partial charge in [-0.3, -0.25) is 9.69 Å². The van der Waals surface area contributed by atoms with E-state index in [9.17, 15) is 4.79 Å². The van der Waals surface area contributed by atoms with E-state index in [-0.39, 0.29) is 11.9 Å². The third kappa shape index (κ3) is 4.61. The van der Waals surface area contributed by atoms with Crippen molar-refractivity contribution in [1.29, 1.82) is 0 Å². The molecule has 3 aromatic rings. The minimum absolute atomic E-state index is 0.0460. The molecular weight excluding hydrogens is 392 g/mol. The molecule has 1 fully saturated rings. The lowest BCUT2D eigenvalue weighted by molar-refractivity contribution is -0.129. The van der Waals surface area contributed by atoms with Crippen LogP contribution < -0.4 is 10.2 Å². The van der Waals surface area contributed by atoms with Crippen molar-refractivity contribution >= 4 is 28.6 Å². The number of H-pyrrole nitrogens is 1. The predicted octanol–water partition coefficient (Wildman–Crippen LogP) is 2.04. The summed E-state index contributed by atoms with van der Waals surface area (Å²) in [7, 11) is 3.61. The Bertz CT molecular complexity index is 1050. The highest BCUT2D eigenvalue weighted by Crippen LogP contribution is 2.31. The second-order valence-electron chi connectivity index (χ2n) is 8.30. The highest BCUT2D eigenvalue weighted by molar-refractivity contribution is 5.82. The molecule has 1 unspecified atom stereocenters. The lowest BCUT2D eigenvalue weighted by Gasteiger charge is -2.37. The number of anilines is 2. The number of nitrogens with zero attached hydrogens (tertiary/aromatic N) is 6. The molecule has 0 bridgehead atoms. The summed E-state index contributed by atoms with van der Waals surface area (Å²) in [6, 6.07) is 6.64. The van der Waals surface area contributed by atoms with Crippen molar-refractivity contribution in [2.75, 3.05) is 57.0 Å². The summed E-state index contributed by atoms with van der Waals surface area (Å²) in [6.45, 7) is 8.26. The van der Waals surface area contributed by atoms with E-state index < -0.39 is 0 Å². The van der Waals surface area contributed by atoms with Crippen molar-refractivity contribution in [1.82, 2.24) is 29.7 Å². The minimum Gasteiger partial charge on any atom is -0.369 e. The van der Waals surface area contributed by atoms with Crippen LogP contribution in [0.4, 0.5) is 11.5 Å². The van der Waals surface area contributed by atoms with Crippen LogP contribution in [-0.2, 0) is 4.79 Å². The largest absolute Gasteiger partial charge is 0.369 e. The van der Waals surface area contributed by atoms with Gasteiger partial charge in [0, 0.05) is 46.0 Å². The van der Waals surface area contributed by atoms with Crippen LogP contribution in [-0.4, -0.2) is 82.5 Å². The van der Waals surface area contributed by atoms with Gasteiger partial charge in [-0.1, -0.05) is 17.7 Å². The number of aromatic nitrogens is 4. The summed E-state index contributed by atoms with van der Waals surface area (Å²) in [5.41, 5.74) is 5.13. The number of imidazole rings is 1. The van der Waals surface area contributed by atoms with E-state index in [1.807, 2.05) is 0 Å². The molecule has 1 atom stereocenters. The molecule has 9 nitrogen and oxygen atoms in total. The van der Waals surface area contributed by atoms with Crippen molar-refractivity contribution in [2.45, 2.75) is 19.9 Å². The maximum atomic E-state index is 12.0. The van der Waals surface area contributed by atoms with Crippen LogP contribution in [0.1, 0.15) is 24.1 Å². The lowest BCUT2D eigenvalue weighted by Crippen LogP contribution is -2.49. The first-order valence-corrected chi connectivity index (χ1v) is 10.6. The van der Waals surface area contributed by atoms with E-state index in [4.69, 9.17) is 0 Å². The van der Waals surface area contributed by atoms with Crippen molar-refractivity contribution in [3.63, 3.8) is 0 Å². The van der Waals surface area contributed by atoms with Crippen LogP contribution in [0, 0.1) is 6.92 Å². The second-order valence-corrected chi connectivity index (χ2v) is 8.30. The average molecular weight is 423 g/mol. The van der Waals surface area contributed by atoms with Crippen molar-refractivity contribution in [3.05, 3.63) is 42.0 Å². The van der Waals surface area contributed by atoms with E-state index in [1.165, 1.54) is 23.1 Å². The summed E-state index contributed by atoms with van der Waals surface area (Å²) in [4.78, 5) is 34.3. The molecule has 164 valence electrons. The van der Waals surface area contributed by atoms with Gasteiger partial charge < -0.3 is 20.1 Å². The number of amides is 1. The normalized spacial score (nSPS) is 15.8. The molecule has 9 heteroatoms. The summed E-state index contributed by atoms with van der Waals surface area (Å²) in [5.74, 6) is 0.895. The molecular formula is C22H30N8O. The molecule has 1 saturated heterocycles. The van der Waals surface area contributed by atoms with Crippen LogP contribution in [0.15, 0.2) is 30.9 Å². The zero-order chi connectivity index (χ0) is 22.0. The van der Waals surface area contributed by atoms with Gasteiger partial charge >= 0.3 is 0 Å². The Kier molecular flexibility index (Phi) is 6.03. The number of nitrogens with one attached hydrogen (secondary N) is 2. The number of benzene rings is 1. The van der Waals surface area contributed by atoms with Gasteiger partial charge in [-0.15, -0.1) is 0 Å². The smallest absolute Gasteiger partial charge is 0.236 e. The molecule has 1 amide bonds. The van der Waals surface area contributed by atoms with Crippen molar-refractivity contribution in [2.24, 2.45) is 0 Å². The number of likely N-dealkylation sites (N-methyl/N-ethyl adjacent to an activating group) is 1. The van der Waals surface area contributed by atoms with Crippen molar-refractivity contribution < 1.29 is 4.79 Å². The number of fused-ring (bicyclic) bond motifs is 1. The van der Waals surface area contributed by atoms with Gasteiger partial charge in [-0.25, -0.2) is 15.0 Å². The van der Waals surface area contributed by atoms with E-state index in [1.54, 1.807) is 25.3 Å². The van der Waals surface area contributed by atoms with E-state index in [2.05, 4.69) is 67.1 Å². The topological polar surface area (TPSA) is 93.3 Å². The number of aromatic amines is 1. The Morgan fingerprint density at radius 1 is 1.19 bits per heavy atom. The summed E-state index contributed by atoms with van der Waals surface area (Å²) in [6.07, 6.45) is 3.16. The Morgan fingerprint density at radius 3 is 2.71 bits per heavy atom. The third-order valence-electron chi connectivity index (χ3n) is 5.80. The van der Waals surface area contributed by atoms with Gasteiger partial charge in [0.15, 0.2) is 11.5 Å². The summed E-state index contributed by atoms with van der Waals surface area (Å²) in [5, 5.41) is 3.53. The SMILES string of the molecule is Cc1ccc(N2CCN(CC(=O)N(C)C)CC2)c(C(C)Nc2ncnc3nc[nH]c23)c1. The molecule has 1 aliphatic heterocycles.